The van der Waals surface area contributed by atoms with E-state index in [0.29, 0.717) is 38.8 Å². The van der Waals surface area contributed by atoms with Crippen LogP contribution >= 0.6 is 0 Å². The van der Waals surface area contributed by atoms with E-state index in [1.54, 1.807) is 0 Å². The molecule has 0 saturated heterocycles. The van der Waals surface area contributed by atoms with Crippen molar-refractivity contribution in [2.75, 3.05) is 39.5 Å². The number of unbranched alkanes of at least 4 members (excludes halogenated alkanes) is 26. The molecule has 0 aromatic heterocycles. The molecule has 0 aliphatic carbocycles. The van der Waals surface area contributed by atoms with Gasteiger partial charge in [-0.25, -0.2) is 0 Å². The minimum absolute atomic E-state index is 0.0530. The summed E-state index contributed by atoms with van der Waals surface area (Å²) in [5.41, 5.74) is 0. The lowest BCUT2D eigenvalue weighted by molar-refractivity contribution is -0.133. The maximum Gasteiger partial charge on any atom is 0.500 e. The van der Waals surface area contributed by atoms with E-state index < -0.39 is 8.80 Å². The third-order valence-electron chi connectivity index (χ3n) is 10.6. The Morgan fingerprint density at radius 2 is 0.755 bits per heavy atom. The van der Waals surface area contributed by atoms with Gasteiger partial charge in [0.2, 0.25) is 11.8 Å². The molecule has 316 valence electrons. The van der Waals surface area contributed by atoms with E-state index in [1.807, 2.05) is 20.8 Å². The molecule has 0 aliphatic rings. The average molecular weight is 769 g/mol. The molecule has 0 unspecified atom stereocenters. The third kappa shape index (κ3) is 34.0. The molecule has 0 aromatic carbocycles. The van der Waals surface area contributed by atoms with Gasteiger partial charge in [-0.2, -0.15) is 0 Å². The number of hydrogen-bond acceptors (Lipinski definition) is 5. The fraction of sp³-hybridized carbons (Fsp3) is 0.956. The number of nitrogens with zero attached hydrogens (tertiary/aromatic N) is 1. The molecule has 0 radical (unpaired) electrons. The first-order chi connectivity index (χ1) is 26.0. The predicted molar refractivity (Wildman–Crippen MR) is 230 cm³/mol. The summed E-state index contributed by atoms with van der Waals surface area (Å²) in [5.74, 6) is 0.0859. The summed E-state index contributed by atoms with van der Waals surface area (Å²) in [5, 5.41) is 3.02. The summed E-state index contributed by atoms with van der Waals surface area (Å²) in [6, 6.07) is 0.674. The van der Waals surface area contributed by atoms with Gasteiger partial charge in [0.1, 0.15) is 0 Å². The van der Waals surface area contributed by atoms with Crippen molar-refractivity contribution in [2.45, 2.75) is 240 Å². The van der Waals surface area contributed by atoms with Crippen LogP contribution in [0, 0.1) is 0 Å². The Morgan fingerprint density at radius 1 is 0.434 bits per heavy atom. The van der Waals surface area contributed by atoms with E-state index in [-0.39, 0.29) is 18.2 Å². The average Bonchev–Trinajstić information content (AvgIpc) is 3.15. The van der Waals surface area contributed by atoms with Crippen LogP contribution in [-0.2, 0) is 22.9 Å². The number of rotatable bonds is 43. The summed E-state index contributed by atoms with van der Waals surface area (Å²) in [6.45, 7) is 14.3. The maximum atomic E-state index is 13.4. The first kappa shape index (κ1) is 52.0. The lowest BCUT2D eigenvalue weighted by Gasteiger charge is -2.28. The summed E-state index contributed by atoms with van der Waals surface area (Å²) < 4.78 is 17.8. The second kappa shape index (κ2) is 40.7. The van der Waals surface area contributed by atoms with Gasteiger partial charge in [0.05, 0.1) is 0 Å². The Balaban J connectivity index is 4.46. The molecule has 0 rings (SSSR count). The third-order valence-corrected chi connectivity index (χ3v) is 13.7. The second-order valence-corrected chi connectivity index (χ2v) is 18.2. The first-order valence-corrected chi connectivity index (χ1v) is 25.4. The van der Waals surface area contributed by atoms with Crippen LogP contribution in [0.1, 0.15) is 234 Å². The maximum absolute atomic E-state index is 13.4. The molecule has 0 atom stereocenters. The van der Waals surface area contributed by atoms with Crippen LogP contribution in [0.25, 0.3) is 0 Å². The van der Waals surface area contributed by atoms with Crippen molar-refractivity contribution >= 4 is 20.6 Å². The van der Waals surface area contributed by atoms with Crippen molar-refractivity contribution in [3.63, 3.8) is 0 Å². The van der Waals surface area contributed by atoms with Crippen molar-refractivity contribution in [1.29, 1.82) is 0 Å². The number of carbonyl (C=O) groups excluding carboxylic acids is 2. The fourth-order valence-corrected chi connectivity index (χ4v) is 9.97. The van der Waals surface area contributed by atoms with Crippen molar-refractivity contribution in [3.05, 3.63) is 0 Å². The molecule has 2 amide bonds. The molecule has 0 spiro atoms. The van der Waals surface area contributed by atoms with Gasteiger partial charge in [-0.15, -0.1) is 0 Å². The zero-order valence-electron chi connectivity index (χ0n) is 36.4. The molecule has 0 fully saturated rings. The summed E-state index contributed by atoms with van der Waals surface area (Å²) >= 11 is 0. The lowest BCUT2D eigenvalue weighted by atomic mass is 10.0. The largest absolute Gasteiger partial charge is 0.500 e. The standard InChI is InChI=1S/C45H92N2O5Si/c1-6-11-13-15-17-19-21-23-25-27-29-31-33-35-41-47(42-36-34-32-30-28-26-24-22-20-18-16-14-12-7-2)45(49)39-38-44(48)46-40-37-43-53(50-8-3,51-9-4)52-10-5/h6-43H2,1-5H3,(H,46,48). The molecular weight excluding hydrogens is 677 g/mol. The van der Waals surface area contributed by atoms with Crippen molar-refractivity contribution in [2.24, 2.45) is 0 Å². The molecule has 8 heteroatoms. The van der Waals surface area contributed by atoms with E-state index in [9.17, 15) is 9.59 Å². The topological polar surface area (TPSA) is 77.1 Å². The van der Waals surface area contributed by atoms with Crippen LogP contribution in [0.4, 0.5) is 0 Å². The molecule has 7 nitrogen and oxygen atoms in total. The molecular formula is C45H92N2O5Si. The molecule has 0 aromatic rings. The Hall–Kier alpha value is -0.963. The first-order valence-electron chi connectivity index (χ1n) is 23.4. The zero-order chi connectivity index (χ0) is 38.9. The number of hydrogen-bond donors (Lipinski definition) is 1. The summed E-state index contributed by atoms with van der Waals surface area (Å²) in [7, 11) is -2.70. The molecule has 0 saturated carbocycles. The number of carbonyl (C=O) groups is 2. The van der Waals surface area contributed by atoms with Gasteiger partial charge in [-0.3, -0.25) is 9.59 Å². The molecule has 0 aliphatic heterocycles. The van der Waals surface area contributed by atoms with E-state index in [1.165, 1.54) is 167 Å². The Bertz CT molecular complexity index is 737. The Morgan fingerprint density at radius 3 is 1.08 bits per heavy atom. The van der Waals surface area contributed by atoms with Gasteiger partial charge in [-0.05, 0) is 40.0 Å². The Kier molecular flexibility index (Phi) is 40.0. The van der Waals surface area contributed by atoms with Gasteiger partial charge in [-0.1, -0.05) is 181 Å². The molecule has 53 heavy (non-hydrogen) atoms. The SMILES string of the molecule is CCCCCCCCCCCCCCCCN(CCCCCCCCCCCCCCCC)C(=O)CCC(=O)NCCC[Si](OCC)(OCC)OCC. The zero-order valence-corrected chi connectivity index (χ0v) is 37.4. The normalized spacial score (nSPS) is 11.7. The Labute approximate surface area is 332 Å². The van der Waals surface area contributed by atoms with E-state index >= 15 is 0 Å². The van der Waals surface area contributed by atoms with Crippen molar-refractivity contribution in [1.82, 2.24) is 10.2 Å². The highest BCUT2D eigenvalue weighted by Crippen LogP contribution is 2.19. The van der Waals surface area contributed by atoms with Crippen LogP contribution < -0.4 is 5.32 Å². The highest BCUT2D eigenvalue weighted by Gasteiger charge is 2.39. The summed E-state index contributed by atoms with van der Waals surface area (Å²) in [4.78, 5) is 28.1. The van der Waals surface area contributed by atoms with Crippen LogP contribution in [0.2, 0.25) is 6.04 Å². The van der Waals surface area contributed by atoms with E-state index in [2.05, 4.69) is 24.1 Å². The minimum Gasteiger partial charge on any atom is -0.374 e. The van der Waals surface area contributed by atoms with Gasteiger partial charge in [0.15, 0.2) is 0 Å². The monoisotopic (exact) mass is 769 g/mol. The molecule has 0 bridgehead atoms. The van der Waals surface area contributed by atoms with Crippen LogP contribution in [0.5, 0.6) is 0 Å². The highest BCUT2D eigenvalue weighted by atomic mass is 28.4. The minimum atomic E-state index is -2.70. The van der Waals surface area contributed by atoms with Crippen LogP contribution in [-0.4, -0.2) is 65.0 Å². The smallest absolute Gasteiger partial charge is 0.374 e. The lowest BCUT2D eigenvalue weighted by Crippen LogP contribution is -2.46. The summed E-state index contributed by atoms with van der Waals surface area (Å²) in [6.07, 6.45) is 38.7. The fourth-order valence-electron chi connectivity index (χ4n) is 7.36. The van der Waals surface area contributed by atoms with Crippen LogP contribution in [0.3, 0.4) is 0 Å². The number of nitrogens with one attached hydrogen (secondary N) is 1. The van der Waals surface area contributed by atoms with Gasteiger partial charge in [0.25, 0.3) is 0 Å². The van der Waals surface area contributed by atoms with E-state index in [0.717, 1.165) is 32.4 Å². The highest BCUT2D eigenvalue weighted by molar-refractivity contribution is 6.60. The van der Waals surface area contributed by atoms with Crippen molar-refractivity contribution in [3.8, 4) is 0 Å². The van der Waals surface area contributed by atoms with Gasteiger partial charge in [0, 0.05) is 58.3 Å². The van der Waals surface area contributed by atoms with E-state index in [4.69, 9.17) is 13.3 Å². The quantitative estimate of drug-likeness (QED) is 0.0494. The van der Waals surface area contributed by atoms with Gasteiger partial charge >= 0.3 is 8.80 Å². The second-order valence-electron chi connectivity index (χ2n) is 15.5. The van der Waals surface area contributed by atoms with Crippen LogP contribution in [0.15, 0.2) is 0 Å². The number of amides is 2. The van der Waals surface area contributed by atoms with Gasteiger partial charge < -0.3 is 23.5 Å². The van der Waals surface area contributed by atoms with Crippen molar-refractivity contribution < 1.29 is 22.9 Å². The predicted octanol–water partition coefficient (Wildman–Crippen LogP) is 13.1. The molecule has 1 N–H and O–H groups in total. The molecule has 0 heterocycles.